The fraction of sp³-hybridized carbons (Fsp3) is 0. The predicted octanol–water partition coefficient (Wildman–Crippen LogP) is 3.58. The van der Waals surface area contributed by atoms with Crippen molar-refractivity contribution in [1.82, 2.24) is 0 Å². The van der Waals surface area contributed by atoms with Crippen LogP contribution >= 0.6 is 11.8 Å². The summed E-state index contributed by atoms with van der Waals surface area (Å²) in [7, 11) is 0. The molecule has 1 N–H and O–H groups in total. The predicted molar refractivity (Wildman–Crippen MR) is 70.6 cm³/mol. The van der Waals surface area contributed by atoms with Gasteiger partial charge in [-0.05, 0) is 36.4 Å². The quantitative estimate of drug-likeness (QED) is 0.688. The monoisotopic (exact) mass is 293 g/mol. The Hall–Kier alpha value is -2.41. The molecular weight excluding hydrogens is 285 g/mol. The minimum atomic E-state index is -1.03. The molecule has 0 heterocycles. The SMILES string of the molecule is O=C(O)c1ccc(Sc2ccc([N+](=O)[O-])c(F)c2)cc1. The highest BCUT2D eigenvalue weighted by molar-refractivity contribution is 7.99. The number of hydrogen-bond donors (Lipinski definition) is 1. The van der Waals surface area contributed by atoms with Crippen molar-refractivity contribution in [1.29, 1.82) is 0 Å². The smallest absolute Gasteiger partial charge is 0.335 e. The van der Waals surface area contributed by atoms with Gasteiger partial charge in [0.15, 0.2) is 0 Å². The van der Waals surface area contributed by atoms with Gasteiger partial charge in [0.05, 0.1) is 10.5 Å². The third kappa shape index (κ3) is 3.12. The van der Waals surface area contributed by atoms with Crippen LogP contribution < -0.4 is 0 Å². The molecule has 0 unspecified atom stereocenters. The van der Waals surface area contributed by atoms with E-state index in [4.69, 9.17) is 5.11 Å². The normalized spacial score (nSPS) is 10.2. The highest BCUT2D eigenvalue weighted by Crippen LogP contribution is 2.30. The zero-order chi connectivity index (χ0) is 14.7. The first-order valence-corrected chi connectivity index (χ1v) is 6.24. The fourth-order valence-electron chi connectivity index (χ4n) is 1.50. The fourth-order valence-corrected chi connectivity index (χ4v) is 2.34. The molecule has 0 saturated heterocycles. The molecule has 2 rings (SSSR count). The molecule has 0 aliphatic heterocycles. The summed E-state index contributed by atoms with van der Waals surface area (Å²) < 4.78 is 13.4. The molecule has 2 aromatic carbocycles. The topological polar surface area (TPSA) is 80.4 Å². The van der Waals surface area contributed by atoms with E-state index in [0.717, 1.165) is 12.1 Å². The summed E-state index contributed by atoms with van der Waals surface area (Å²) in [6, 6.07) is 9.67. The number of nitrogens with zero attached hydrogens (tertiary/aromatic N) is 1. The summed E-state index contributed by atoms with van der Waals surface area (Å²) >= 11 is 1.19. The molecule has 0 bridgehead atoms. The maximum absolute atomic E-state index is 13.4. The summed E-state index contributed by atoms with van der Waals surface area (Å²) in [6.45, 7) is 0. The molecule has 0 saturated carbocycles. The molecule has 102 valence electrons. The molecule has 0 amide bonds. The minimum Gasteiger partial charge on any atom is -0.478 e. The van der Waals surface area contributed by atoms with Crippen molar-refractivity contribution in [3.05, 3.63) is 64.0 Å². The number of halogens is 1. The highest BCUT2D eigenvalue weighted by Gasteiger charge is 2.14. The van der Waals surface area contributed by atoms with Crippen LogP contribution in [0.3, 0.4) is 0 Å². The van der Waals surface area contributed by atoms with E-state index in [0.29, 0.717) is 9.79 Å². The van der Waals surface area contributed by atoms with Gasteiger partial charge in [-0.2, -0.15) is 4.39 Å². The van der Waals surface area contributed by atoms with Gasteiger partial charge in [0.2, 0.25) is 5.82 Å². The molecule has 0 aromatic heterocycles. The van der Waals surface area contributed by atoms with Crippen LogP contribution in [0.4, 0.5) is 10.1 Å². The van der Waals surface area contributed by atoms with Crippen LogP contribution in [0.25, 0.3) is 0 Å². The summed E-state index contributed by atoms with van der Waals surface area (Å²) in [5.74, 6) is -1.93. The second-order valence-electron chi connectivity index (χ2n) is 3.80. The Labute approximate surface area is 117 Å². The number of carboxylic acid groups (broad SMARTS) is 1. The summed E-state index contributed by atoms with van der Waals surface area (Å²) in [5, 5.41) is 19.3. The van der Waals surface area contributed by atoms with Gasteiger partial charge in [-0.25, -0.2) is 4.79 Å². The minimum absolute atomic E-state index is 0.157. The van der Waals surface area contributed by atoms with E-state index >= 15 is 0 Å². The summed E-state index contributed by atoms with van der Waals surface area (Å²) in [4.78, 5) is 21.6. The first-order valence-electron chi connectivity index (χ1n) is 5.42. The van der Waals surface area contributed by atoms with Gasteiger partial charge in [-0.3, -0.25) is 10.1 Å². The van der Waals surface area contributed by atoms with Crippen molar-refractivity contribution in [2.24, 2.45) is 0 Å². The van der Waals surface area contributed by atoms with Gasteiger partial charge in [-0.15, -0.1) is 0 Å². The molecular formula is C13H8FNO4S. The van der Waals surface area contributed by atoms with Gasteiger partial charge in [-0.1, -0.05) is 11.8 Å². The first kappa shape index (κ1) is 14.0. The molecule has 5 nitrogen and oxygen atoms in total. The lowest BCUT2D eigenvalue weighted by molar-refractivity contribution is -0.387. The van der Waals surface area contributed by atoms with Gasteiger partial charge >= 0.3 is 11.7 Å². The standard InChI is InChI=1S/C13H8FNO4S/c14-11-7-10(5-6-12(11)15(18)19)20-9-3-1-8(2-4-9)13(16)17/h1-7H,(H,16,17). The number of carboxylic acids is 1. The van der Waals surface area contributed by atoms with Crippen LogP contribution in [0, 0.1) is 15.9 Å². The molecule has 0 atom stereocenters. The molecule has 0 radical (unpaired) electrons. The molecule has 2 aromatic rings. The van der Waals surface area contributed by atoms with Crippen molar-refractivity contribution in [3.8, 4) is 0 Å². The highest BCUT2D eigenvalue weighted by atomic mass is 32.2. The second kappa shape index (κ2) is 5.70. The molecule has 7 heteroatoms. The Morgan fingerprint density at radius 2 is 1.75 bits per heavy atom. The third-order valence-electron chi connectivity index (χ3n) is 2.45. The van der Waals surface area contributed by atoms with E-state index < -0.39 is 22.4 Å². The van der Waals surface area contributed by atoms with Crippen LogP contribution in [-0.2, 0) is 0 Å². The summed E-state index contributed by atoms with van der Waals surface area (Å²) in [5.41, 5.74) is -0.417. The number of nitro benzene ring substituents is 1. The molecule has 20 heavy (non-hydrogen) atoms. The third-order valence-corrected chi connectivity index (χ3v) is 3.45. The maximum atomic E-state index is 13.4. The molecule has 0 aliphatic carbocycles. The van der Waals surface area contributed by atoms with E-state index in [2.05, 4.69) is 0 Å². The average molecular weight is 293 g/mol. The van der Waals surface area contributed by atoms with Gasteiger partial charge in [0.1, 0.15) is 0 Å². The Balaban J connectivity index is 2.19. The Morgan fingerprint density at radius 3 is 2.25 bits per heavy atom. The number of benzene rings is 2. The van der Waals surface area contributed by atoms with Gasteiger partial charge in [0.25, 0.3) is 0 Å². The number of rotatable bonds is 4. The van der Waals surface area contributed by atoms with E-state index in [1.807, 2.05) is 0 Å². The Kier molecular flexibility index (Phi) is 3.99. The van der Waals surface area contributed by atoms with E-state index in [-0.39, 0.29) is 5.56 Å². The van der Waals surface area contributed by atoms with E-state index in [1.54, 1.807) is 12.1 Å². The van der Waals surface area contributed by atoms with Crippen molar-refractivity contribution in [2.75, 3.05) is 0 Å². The Bertz CT molecular complexity index is 673. The number of nitro groups is 1. The summed E-state index contributed by atoms with van der Waals surface area (Å²) in [6.07, 6.45) is 0. The van der Waals surface area contributed by atoms with Crippen LogP contribution in [0.15, 0.2) is 52.3 Å². The zero-order valence-corrected chi connectivity index (χ0v) is 10.8. The lowest BCUT2D eigenvalue weighted by atomic mass is 10.2. The van der Waals surface area contributed by atoms with Crippen LogP contribution in [0.2, 0.25) is 0 Å². The van der Waals surface area contributed by atoms with Gasteiger partial charge in [0, 0.05) is 15.9 Å². The van der Waals surface area contributed by atoms with Gasteiger partial charge < -0.3 is 5.11 Å². The zero-order valence-electron chi connectivity index (χ0n) is 9.95. The van der Waals surface area contributed by atoms with Crippen molar-refractivity contribution >= 4 is 23.4 Å². The number of hydrogen-bond acceptors (Lipinski definition) is 4. The first-order chi connectivity index (χ1) is 9.47. The van der Waals surface area contributed by atoms with E-state index in [1.165, 1.54) is 30.0 Å². The number of aromatic carboxylic acids is 1. The van der Waals surface area contributed by atoms with Crippen molar-refractivity contribution < 1.29 is 19.2 Å². The van der Waals surface area contributed by atoms with Crippen molar-refractivity contribution in [2.45, 2.75) is 9.79 Å². The lowest BCUT2D eigenvalue weighted by Gasteiger charge is -2.03. The average Bonchev–Trinajstić information content (AvgIpc) is 2.39. The maximum Gasteiger partial charge on any atom is 0.335 e. The van der Waals surface area contributed by atoms with Crippen LogP contribution in [0.5, 0.6) is 0 Å². The number of carbonyl (C=O) groups is 1. The largest absolute Gasteiger partial charge is 0.478 e. The van der Waals surface area contributed by atoms with Crippen LogP contribution in [-0.4, -0.2) is 16.0 Å². The van der Waals surface area contributed by atoms with Crippen LogP contribution in [0.1, 0.15) is 10.4 Å². The second-order valence-corrected chi connectivity index (χ2v) is 4.95. The van der Waals surface area contributed by atoms with Crippen molar-refractivity contribution in [3.63, 3.8) is 0 Å². The Morgan fingerprint density at radius 1 is 1.15 bits per heavy atom. The molecule has 0 aliphatic rings. The molecule has 0 spiro atoms. The lowest BCUT2D eigenvalue weighted by Crippen LogP contribution is -1.94. The van der Waals surface area contributed by atoms with E-state index in [9.17, 15) is 19.3 Å². The molecule has 0 fully saturated rings.